The number of esters is 4. The van der Waals surface area contributed by atoms with Crippen LogP contribution in [0.5, 0.6) is 0 Å². The van der Waals surface area contributed by atoms with Crippen molar-refractivity contribution in [1.29, 1.82) is 0 Å². The molecule has 0 aromatic carbocycles. The quantitative estimate of drug-likeness (QED) is 0.0222. The number of carbonyl (C=O) groups excluding carboxylic acids is 4. The van der Waals surface area contributed by atoms with Gasteiger partial charge in [-0.2, -0.15) is 0 Å². The topological polar surface area (TPSA) is 237 Å². The van der Waals surface area contributed by atoms with Crippen molar-refractivity contribution in [2.45, 2.75) is 464 Å². The van der Waals surface area contributed by atoms with Crippen LogP contribution in [-0.2, 0) is 65.4 Å². The number of carbonyl (C=O) groups is 4. The van der Waals surface area contributed by atoms with E-state index >= 15 is 0 Å². The second kappa shape index (κ2) is 75.5. The molecule has 0 amide bonds. The zero-order chi connectivity index (χ0) is 75.6. The predicted molar refractivity (Wildman–Crippen MR) is 423 cm³/mol. The van der Waals surface area contributed by atoms with Gasteiger partial charge in [0.1, 0.15) is 19.3 Å². The van der Waals surface area contributed by atoms with Crippen molar-refractivity contribution in [2.75, 3.05) is 39.6 Å². The average molecular weight is 1510 g/mol. The van der Waals surface area contributed by atoms with Crippen molar-refractivity contribution in [3.05, 3.63) is 0 Å². The molecule has 0 bridgehead atoms. The highest BCUT2D eigenvalue weighted by atomic mass is 31.2. The van der Waals surface area contributed by atoms with Gasteiger partial charge in [-0.3, -0.25) is 37.3 Å². The summed E-state index contributed by atoms with van der Waals surface area (Å²) in [6.45, 7) is 9.60. The number of aliphatic hydroxyl groups is 1. The maximum atomic E-state index is 13.1. The Kier molecular flexibility index (Phi) is 74.1. The number of phosphoric acid groups is 2. The predicted octanol–water partition coefficient (Wildman–Crippen LogP) is 25.5. The Labute approximate surface area is 632 Å². The summed E-state index contributed by atoms with van der Waals surface area (Å²) < 4.78 is 68.6. The summed E-state index contributed by atoms with van der Waals surface area (Å²) in [6.07, 6.45) is 67.3. The molecule has 0 saturated heterocycles. The first-order valence-corrected chi connectivity index (χ1v) is 46.5. The molecule has 0 rings (SSSR count). The van der Waals surface area contributed by atoms with E-state index in [4.69, 9.17) is 37.0 Å². The molecule has 0 aromatic heterocycles. The van der Waals surface area contributed by atoms with Crippen LogP contribution >= 0.6 is 15.6 Å². The van der Waals surface area contributed by atoms with Crippen LogP contribution in [0.15, 0.2) is 0 Å². The van der Waals surface area contributed by atoms with E-state index in [1.165, 1.54) is 257 Å². The van der Waals surface area contributed by atoms with Crippen LogP contribution in [-0.4, -0.2) is 96.7 Å². The highest BCUT2D eigenvalue weighted by molar-refractivity contribution is 7.47. The van der Waals surface area contributed by atoms with Gasteiger partial charge in [0.05, 0.1) is 26.4 Å². The van der Waals surface area contributed by atoms with E-state index < -0.39 is 97.5 Å². The van der Waals surface area contributed by atoms with Gasteiger partial charge in [0.15, 0.2) is 12.2 Å². The van der Waals surface area contributed by atoms with E-state index in [9.17, 15) is 43.2 Å². The summed E-state index contributed by atoms with van der Waals surface area (Å²) in [5, 5.41) is 10.6. The summed E-state index contributed by atoms with van der Waals surface area (Å²) in [6, 6.07) is 0. The molecular weight excluding hydrogens is 1340 g/mol. The zero-order valence-electron chi connectivity index (χ0n) is 67.6. The lowest BCUT2D eigenvalue weighted by Gasteiger charge is -2.21. The van der Waals surface area contributed by atoms with Crippen LogP contribution in [0, 0.1) is 11.8 Å². The molecule has 0 radical (unpaired) electrons. The fourth-order valence-electron chi connectivity index (χ4n) is 13.1. The van der Waals surface area contributed by atoms with E-state index in [-0.39, 0.29) is 25.7 Å². The molecule has 3 N–H and O–H groups in total. The molecular formula is C84H164O17P2. The minimum absolute atomic E-state index is 0.106. The first-order valence-electron chi connectivity index (χ1n) is 43.5. The number of rotatable bonds is 83. The van der Waals surface area contributed by atoms with Gasteiger partial charge in [-0.15, -0.1) is 0 Å². The first-order chi connectivity index (χ1) is 49.9. The maximum absolute atomic E-state index is 13.1. The molecule has 0 saturated carbocycles. The van der Waals surface area contributed by atoms with Crippen LogP contribution in [0.4, 0.5) is 0 Å². The molecule has 0 aliphatic rings. The van der Waals surface area contributed by atoms with Crippen molar-refractivity contribution in [1.82, 2.24) is 0 Å². The van der Waals surface area contributed by atoms with Crippen molar-refractivity contribution in [3.8, 4) is 0 Å². The molecule has 0 aliphatic heterocycles. The fraction of sp³-hybridized carbons (Fsp3) is 0.952. The standard InChI is InChI=1S/C84H164O17P2/c1-7-9-11-13-14-15-16-17-18-19-20-21-22-23-28-31-34-40-45-50-56-62-69-84(89)101-80(73-95-82(87)67-61-55-49-44-39-33-30-27-25-24-26-29-32-37-42-47-53-58-64-76(3)4)75-99-103(92,93)97-71-78(85)70-96-102(90,91)98-74-79(72-94-81(86)66-60-52-12-10-8-2)100-83(88)68-63-57-51-46-41-36-35-38-43-48-54-59-65-77(5)6/h76-80,85H,7-75H2,1-6H3,(H,90,91)(H,92,93)/t78-,79+,80+/m0/s1. The molecule has 2 unspecified atom stereocenters. The Balaban J connectivity index is 5.10. The molecule has 0 heterocycles. The lowest BCUT2D eigenvalue weighted by Crippen LogP contribution is -2.30. The van der Waals surface area contributed by atoms with Crippen molar-refractivity contribution >= 4 is 39.5 Å². The van der Waals surface area contributed by atoms with Crippen molar-refractivity contribution < 1.29 is 80.2 Å². The van der Waals surface area contributed by atoms with Crippen molar-refractivity contribution in [3.63, 3.8) is 0 Å². The smallest absolute Gasteiger partial charge is 0.462 e. The number of aliphatic hydroxyl groups excluding tert-OH is 1. The Morgan fingerprint density at radius 1 is 0.262 bits per heavy atom. The SMILES string of the molecule is CCCCCCCCCCCCCCCCCCCCCCCCC(=O)O[C@H](COC(=O)CCCCCCCCCCCCCCCCCCCCC(C)C)COP(=O)(O)OC[C@@H](O)COP(=O)(O)OC[C@@H](COC(=O)CCCCCCC)OC(=O)CCCCCCCCCCCCCCC(C)C. The minimum Gasteiger partial charge on any atom is -0.462 e. The van der Waals surface area contributed by atoms with Crippen LogP contribution in [0.2, 0.25) is 0 Å². The molecule has 0 fully saturated rings. The number of phosphoric ester groups is 2. The average Bonchev–Trinajstić information content (AvgIpc) is 0.908. The fourth-order valence-corrected chi connectivity index (χ4v) is 14.6. The third kappa shape index (κ3) is 78.0. The highest BCUT2D eigenvalue weighted by Crippen LogP contribution is 2.45. The van der Waals surface area contributed by atoms with Gasteiger partial charge in [0.2, 0.25) is 0 Å². The Hall–Kier alpha value is -1.94. The monoisotopic (exact) mass is 1510 g/mol. The molecule has 19 heteroatoms. The van der Waals surface area contributed by atoms with Gasteiger partial charge >= 0.3 is 39.5 Å². The van der Waals surface area contributed by atoms with Gasteiger partial charge in [-0.25, -0.2) is 9.13 Å². The lowest BCUT2D eigenvalue weighted by molar-refractivity contribution is -0.161. The number of ether oxygens (including phenoxy) is 4. The van der Waals surface area contributed by atoms with Crippen molar-refractivity contribution in [2.24, 2.45) is 11.8 Å². The van der Waals surface area contributed by atoms with Crippen LogP contribution in [0.25, 0.3) is 0 Å². The molecule has 5 atom stereocenters. The van der Waals surface area contributed by atoms with Gasteiger partial charge < -0.3 is 33.8 Å². The van der Waals surface area contributed by atoms with Gasteiger partial charge in [0, 0.05) is 25.7 Å². The minimum atomic E-state index is -4.96. The van der Waals surface area contributed by atoms with E-state index in [1.54, 1.807) is 0 Å². The van der Waals surface area contributed by atoms with E-state index in [2.05, 4.69) is 41.5 Å². The van der Waals surface area contributed by atoms with E-state index in [1.807, 2.05) is 0 Å². The third-order valence-corrected chi connectivity index (χ3v) is 21.6. The third-order valence-electron chi connectivity index (χ3n) is 19.7. The number of hydrogen-bond donors (Lipinski definition) is 3. The molecule has 17 nitrogen and oxygen atoms in total. The van der Waals surface area contributed by atoms with E-state index in [0.717, 1.165) is 108 Å². The van der Waals surface area contributed by atoms with E-state index in [0.29, 0.717) is 25.7 Å². The lowest BCUT2D eigenvalue weighted by atomic mass is 10.0. The van der Waals surface area contributed by atoms with Gasteiger partial charge in [-0.1, -0.05) is 395 Å². The second-order valence-corrected chi connectivity index (χ2v) is 34.1. The molecule has 0 aliphatic carbocycles. The highest BCUT2D eigenvalue weighted by Gasteiger charge is 2.30. The summed E-state index contributed by atoms with van der Waals surface area (Å²) in [5.74, 6) is -0.518. The second-order valence-electron chi connectivity index (χ2n) is 31.2. The van der Waals surface area contributed by atoms with Crippen LogP contribution in [0.1, 0.15) is 446 Å². The first kappa shape index (κ1) is 101. The number of unbranched alkanes of at least 4 members (excludes halogenated alkanes) is 53. The van der Waals surface area contributed by atoms with Crippen LogP contribution < -0.4 is 0 Å². The largest absolute Gasteiger partial charge is 0.472 e. The number of hydrogen-bond acceptors (Lipinski definition) is 15. The Morgan fingerprint density at radius 3 is 0.660 bits per heavy atom. The summed E-state index contributed by atoms with van der Waals surface area (Å²) in [7, 11) is -9.91. The maximum Gasteiger partial charge on any atom is 0.472 e. The Morgan fingerprint density at radius 2 is 0.447 bits per heavy atom. The molecule has 612 valence electrons. The van der Waals surface area contributed by atoms with Crippen LogP contribution in [0.3, 0.4) is 0 Å². The summed E-state index contributed by atoms with van der Waals surface area (Å²) in [5.41, 5.74) is 0. The normalized spacial score (nSPS) is 13.9. The summed E-state index contributed by atoms with van der Waals surface area (Å²) in [4.78, 5) is 72.8. The molecule has 0 spiro atoms. The van der Waals surface area contributed by atoms with Gasteiger partial charge in [0.25, 0.3) is 0 Å². The molecule has 0 aromatic rings. The van der Waals surface area contributed by atoms with Gasteiger partial charge in [-0.05, 0) is 37.5 Å². The molecule has 103 heavy (non-hydrogen) atoms. The summed E-state index contributed by atoms with van der Waals surface area (Å²) >= 11 is 0. The zero-order valence-corrected chi connectivity index (χ0v) is 69.4. The Bertz CT molecular complexity index is 1980.